The van der Waals surface area contributed by atoms with Gasteiger partial charge in [0.1, 0.15) is 11.4 Å². The molecule has 1 aliphatic rings. The van der Waals surface area contributed by atoms with Gasteiger partial charge >= 0.3 is 0 Å². The number of nitrogens with zero attached hydrogens (tertiary/aromatic N) is 2. The summed E-state index contributed by atoms with van der Waals surface area (Å²) in [5.74, 6) is -0.265. The van der Waals surface area contributed by atoms with Crippen LogP contribution in [0.2, 0.25) is 5.02 Å². The Labute approximate surface area is 192 Å². The van der Waals surface area contributed by atoms with Crippen molar-refractivity contribution in [2.24, 2.45) is 0 Å². The fourth-order valence-electron chi connectivity index (χ4n) is 3.96. The van der Waals surface area contributed by atoms with Gasteiger partial charge in [0.25, 0.3) is 11.8 Å². The van der Waals surface area contributed by atoms with Crippen LogP contribution in [0.25, 0.3) is 5.57 Å². The number of likely N-dealkylation sites (N-methyl/N-ethyl adjacent to an activating group) is 1. The number of ether oxygens (including phenoxy) is 1. The van der Waals surface area contributed by atoms with Gasteiger partial charge in [0, 0.05) is 24.2 Å². The van der Waals surface area contributed by atoms with Crippen molar-refractivity contribution in [1.82, 2.24) is 4.90 Å². The van der Waals surface area contributed by atoms with Gasteiger partial charge in [-0.15, -0.1) is 0 Å². The lowest BCUT2D eigenvalue weighted by Crippen LogP contribution is -2.34. The summed E-state index contributed by atoms with van der Waals surface area (Å²) >= 11 is 6.30. The molecule has 0 saturated heterocycles. The third-order valence-corrected chi connectivity index (χ3v) is 5.97. The average Bonchev–Trinajstić information content (AvgIpc) is 3.06. The molecule has 0 N–H and O–H groups in total. The fraction of sp³-hybridized carbons (Fsp3) is 0.154. The van der Waals surface area contributed by atoms with E-state index in [2.05, 4.69) is 0 Å². The van der Waals surface area contributed by atoms with Gasteiger partial charge in [0.05, 0.1) is 18.4 Å². The van der Waals surface area contributed by atoms with Gasteiger partial charge in [0.15, 0.2) is 0 Å². The number of rotatable bonds is 6. The number of para-hydroxylation sites is 1. The molecule has 0 unspecified atom stereocenters. The zero-order chi connectivity index (χ0) is 22.8. The van der Waals surface area contributed by atoms with Crippen LogP contribution in [0.5, 0.6) is 5.75 Å². The highest BCUT2D eigenvalue weighted by Gasteiger charge is 2.43. The Balaban J connectivity index is 1.87. The van der Waals surface area contributed by atoms with Gasteiger partial charge in [-0.05, 0) is 36.2 Å². The smallest absolute Gasteiger partial charge is 0.282 e. The summed E-state index contributed by atoms with van der Waals surface area (Å²) in [7, 11) is 3.37. The molecule has 0 aromatic heterocycles. The second-order valence-electron chi connectivity index (χ2n) is 7.60. The molecule has 5 nitrogen and oxygen atoms in total. The molecule has 3 aromatic rings. The number of hydrogen-bond donors (Lipinski definition) is 0. The first-order chi connectivity index (χ1) is 15.4. The molecule has 0 bridgehead atoms. The molecule has 1 heterocycles. The van der Waals surface area contributed by atoms with Crippen molar-refractivity contribution in [2.75, 3.05) is 19.1 Å². The average molecular weight is 447 g/mol. The van der Waals surface area contributed by atoms with Crippen LogP contribution in [0, 0.1) is 6.92 Å². The Morgan fingerprint density at radius 3 is 2.31 bits per heavy atom. The highest BCUT2D eigenvalue weighted by Crippen LogP contribution is 2.40. The van der Waals surface area contributed by atoms with Crippen LogP contribution < -0.4 is 9.64 Å². The van der Waals surface area contributed by atoms with E-state index in [-0.39, 0.29) is 5.91 Å². The van der Waals surface area contributed by atoms with Crippen molar-refractivity contribution in [2.45, 2.75) is 13.5 Å². The van der Waals surface area contributed by atoms with Crippen molar-refractivity contribution >= 4 is 34.7 Å². The zero-order valence-corrected chi connectivity index (χ0v) is 18.9. The van der Waals surface area contributed by atoms with Crippen LogP contribution in [0.15, 0.2) is 78.5 Å². The molecule has 0 saturated carbocycles. The van der Waals surface area contributed by atoms with Crippen LogP contribution >= 0.6 is 11.6 Å². The molecule has 6 heteroatoms. The SMILES string of the molecule is COc1ccccc1C1=C(N(C)Cc2ccccc2)C(=O)N(c2cccc(Cl)c2C)C1=O. The predicted molar refractivity (Wildman–Crippen MR) is 127 cm³/mol. The van der Waals surface area contributed by atoms with Crippen LogP contribution in [0.1, 0.15) is 16.7 Å². The third kappa shape index (κ3) is 3.76. The number of imide groups is 1. The van der Waals surface area contributed by atoms with E-state index in [0.717, 1.165) is 5.56 Å². The molecule has 0 atom stereocenters. The molecule has 0 radical (unpaired) electrons. The molecule has 32 heavy (non-hydrogen) atoms. The van der Waals surface area contributed by atoms with E-state index < -0.39 is 5.91 Å². The minimum absolute atomic E-state index is 0.310. The van der Waals surface area contributed by atoms with Crippen molar-refractivity contribution in [3.63, 3.8) is 0 Å². The molecule has 0 spiro atoms. The number of carbonyl (C=O) groups excluding carboxylic acids is 2. The second kappa shape index (κ2) is 8.89. The topological polar surface area (TPSA) is 49.9 Å². The van der Waals surface area contributed by atoms with E-state index in [4.69, 9.17) is 16.3 Å². The molecule has 1 aliphatic heterocycles. The van der Waals surface area contributed by atoms with E-state index in [1.165, 1.54) is 4.90 Å². The summed E-state index contributed by atoms with van der Waals surface area (Å²) < 4.78 is 5.52. The first-order valence-electron chi connectivity index (χ1n) is 10.2. The number of benzene rings is 3. The van der Waals surface area contributed by atoms with Gasteiger partial charge in [-0.1, -0.05) is 66.2 Å². The predicted octanol–water partition coefficient (Wildman–Crippen LogP) is 5.07. The van der Waals surface area contributed by atoms with E-state index in [9.17, 15) is 9.59 Å². The molecular weight excluding hydrogens is 424 g/mol. The van der Waals surface area contributed by atoms with E-state index in [1.54, 1.807) is 44.4 Å². The maximum Gasteiger partial charge on any atom is 0.282 e. The van der Waals surface area contributed by atoms with Crippen molar-refractivity contribution < 1.29 is 14.3 Å². The number of carbonyl (C=O) groups is 2. The minimum atomic E-state index is -0.403. The number of amides is 2. The molecule has 3 aromatic carbocycles. The molecule has 162 valence electrons. The number of methoxy groups -OCH3 is 1. The highest BCUT2D eigenvalue weighted by molar-refractivity contribution is 6.46. The maximum atomic E-state index is 13.7. The van der Waals surface area contributed by atoms with Crippen molar-refractivity contribution in [3.05, 3.63) is 100 Å². The quantitative estimate of drug-likeness (QED) is 0.496. The van der Waals surface area contributed by atoms with E-state index >= 15 is 0 Å². The van der Waals surface area contributed by atoms with Gasteiger partial charge in [-0.3, -0.25) is 9.59 Å². The Bertz CT molecular complexity index is 1220. The van der Waals surface area contributed by atoms with Gasteiger partial charge < -0.3 is 9.64 Å². The molecule has 4 rings (SSSR count). The Morgan fingerprint density at radius 2 is 1.59 bits per heavy atom. The summed E-state index contributed by atoms with van der Waals surface area (Å²) in [5, 5.41) is 0.494. The summed E-state index contributed by atoms with van der Waals surface area (Å²) in [6.45, 7) is 2.27. The third-order valence-electron chi connectivity index (χ3n) is 5.56. The lowest BCUT2D eigenvalue weighted by molar-refractivity contribution is -0.120. The fourth-order valence-corrected chi connectivity index (χ4v) is 4.13. The molecular formula is C26H23ClN2O3. The first-order valence-corrected chi connectivity index (χ1v) is 10.6. The zero-order valence-electron chi connectivity index (χ0n) is 18.1. The normalized spacial score (nSPS) is 13.7. The van der Waals surface area contributed by atoms with Crippen LogP contribution in [-0.4, -0.2) is 30.9 Å². The molecule has 0 aliphatic carbocycles. The minimum Gasteiger partial charge on any atom is -0.496 e. The standard InChI is InChI=1S/C26H23ClN2O3/c1-17-20(27)13-9-14-21(17)29-25(30)23(19-12-7-8-15-22(19)32-3)24(26(29)31)28(2)16-18-10-5-4-6-11-18/h4-15H,16H2,1-3H3. The lowest BCUT2D eigenvalue weighted by atomic mass is 10.0. The molecule has 2 amide bonds. The monoisotopic (exact) mass is 446 g/mol. The summed E-state index contributed by atoms with van der Waals surface area (Å²) in [6.07, 6.45) is 0. The second-order valence-corrected chi connectivity index (χ2v) is 8.00. The van der Waals surface area contributed by atoms with Crippen LogP contribution in [0.3, 0.4) is 0 Å². The summed E-state index contributed by atoms with van der Waals surface area (Å²) in [5.41, 5.74) is 3.38. The van der Waals surface area contributed by atoms with Gasteiger partial charge in [-0.2, -0.15) is 0 Å². The largest absolute Gasteiger partial charge is 0.496 e. The van der Waals surface area contributed by atoms with Crippen molar-refractivity contribution in [1.29, 1.82) is 0 Å². The van der Waals surface area contributed by atoms with E-state index in [1.807, 2.05) is 54.4 Å². The highest BCUT2D eigenvalue weighted by atomic mass is 35.5. The molecule has 0 fully saturated rings. The van der Waals surface area contributed by atoms with Crippen LogP contribution in [-0.2, 0) is 16.1 Å². The summed E-state index contributed by atoms with van der Waals surface area (Å²) in [6, 6.07) is 22.2. The Morgan fingerprint density at radius 1 is 0.906 bits per heavy atom. The van der Waals surface area contributed by atoms with E-state index in [0.29, 0.717) is 45.4 Å². The van der Waals surface area contributed by atoms with Gasteiger partial charge in [-0.25, -0.2) is 4.90 Å². The lowest BCUT2D eigenvalue weighted by Gasteiger charge is -2.22. The van der Waals surface area contributed by atoms with Crippen LogP contribution in [0.4, 0.5) is 5.69 Å². The number of hydrogen-bond acceptors (Lipinski definition) is 4. The first kappa shape index (κ1) is 21.7. The Hall–Kier alpha value is -3.57. The maximum absolute atomic E-state index is 13.7. The number of anilines is 1. The Kier molecular flexibility index (Phi) is 6.01. The summed E-state index contributed by atoms with van der Waals surface area (Å²) in [4.78, 5) is 30.5. The van der Waals surface area contributed by atoms with Gasteiger partial charge in [0.2, 0.25) is 0 Å². The number of halogens is 1. The van der Waals surface area contributed by atoms with Crippen molar-refractivity contribution in [3.8, 4) is 5.75 Å².